The number of hydrogen-bond acceptors (Lipinski definition) is 6. The maximum atomic E-state index is 12.9. The van der Waals surface area contributed by atoms with Crippen molar-refractivity contribution in [1.29, 1.82) is 0 Å². The third-order valence-electron chi connectivity index (χ3n) is 4.87. The van der Waals surface area contributed by atoms with Crippen LogP contribution >= 0.6 is 0 Å². The molecule has 3 aromatic carbocycles. The fourth-order valence-electron chi connectivity index (χ4n) is 3.36. The van der Waals surface area contributed by atoms with Gasteiger partial charge in [-0.15, -0.1) is 0 Å². The van der Waals surface area contributed by atoms with E-state index in [2.05, 4.69) is 0 Å². The van der Waals surface area contributed by atoms with E-state index < -0.39 is 22.7 Å². The van der Waals surface area contributed by atoms with E-state index >= 15 is 0 Å². The highest BCUT2D eigenvalue weighted by molar-refractivity contribution is 6.34. The van der Waals surface area contributed by atoms with Crippen molar-refractivity contribution in [3.05, 3.63) is 105 Å². The quantitative estimate of drug-likeness (QED) is 0.269. The van der Waals surface area contributed by atoms with Crippen LogP contribution in [0.1, 0.15) is 42.2 Å². The molecule has 8 nitrogen and oxygen atoms in total. The number of anilines is 1. The smallest absolute Gasteiger partial charge is 0.338 e. The summed E-state index contributed by atoms with van der Waals surface area (Å²) in [6, 6.07) is 17.0. The Morgan fingerprint density at radius 2 is 1.71 bits per heavy atom. The van der Waals surface area contributed by atoms with Crippen LogP contribution in [-0.2, 0) is 11.3 Å². The van der Waals surface area contributed by atoms with E-state index in [0.29, 0.717) is 11.3 Å². The number of nitrogens with zero attached hydrogens (tertiary/aromatic N) is 2. The van der Waals surface area contributed by atoms with Crippen molar-refractivity contribution < 1.29 is 24.0 Å². The van der Waals surface area contributed by atoms with Gasteiger partial charge in [-0.25, -0.2) is 9.69 Å². The third kappa shape index (κ3) is 3.78. The number of carbonyl (C=O) groups excluding carboxylic acids is 3. The molecule has 2 amide bonds. The Bertz CT molecular complexity index is 1250. The lowest BCUT2D eigenvalue weighted by Crippen LogP contribution is -2.29. The van der Waals surface area contributed by atoms with Gasteiger partial charge in [0.25, 0.3) is 17.5 Å². The molecule has 0 aromatic heterocycles. The van der Waals surface area contributed by atoms with Gasteiger partial charge < -0.3 is 4.74 Å². The Morgan fingerprint density at radius 3 is 2.45 bits per heavy atom. The number of amides is 2. The van der Waals surface area contributed by atoms with Crippen molar-refractivity contribution in [2.24, 2.45) is 0 Å². The first-order valence-corrected chi connectivity index (χ1v) is 9.35. The fraction of sp³-hybridized carbons (Fsp3) is 0.0870. The van der Waals surface area contributed by atoms with E-state index in [1.54, 1.807) is 24.3 Å². The predicted molar refractivity (Wildman–Crippen MR) is 111 cm³/mol. The molecule has 154 valence electrons. The number of fused-ring (bicyclic) bond motifs is 1. The van der Waals surface area contributed by atoms with Crippen LogP contribution in [0.3, 0.4) is 0 Å². The van der Waals surface area contributed by atoms with Gasteiger partial charge in [-0.2, -0.15) is 0 Å². The van der Waals surface area contributed by atoms with Gasteiger partial charge >= 0.3 is 5.97 Å². The number of rotatable bonds is 5. The van der Waals surface area contributed by atoms with E-state index in [1.807, 2.05) is 13.0 Å². The summed E-state index contributed by atoms with van der Waals surface area (Å²) in [6.07, 6.45) is 0. The van der Waals surface area contributed by atoms with Gasteiger partial charge in [-0.05, 0) is 48.4 Å². The van der Waals surface area contributed by atoms with Gasteiger partial charge in [0.05, 0.1) is 27.3 Å². The third-order valence-corrected chi connectivity index (χ3v) is 4.87. The number of carbonyl (C=O) groups is 3. The van der Waals surface area contributed by atoms with Gasteiger partial charge in [0, 0.05) is 12.1 Å². The average molecular weight is 416 g/mol. The minimum Gasteiger partial charge on any atom is -0.457 e. The molecule has 31 heavy (non-hydrogen) atoms. The Labute approximate surface area is 176 Å². The summed E-state index contributed by atoms with van der Waals surface area (Å²) in [5.74, 6) is -1.68. The molecule has 3 aromatic rings. The zero-order chi connectivity index (χ0) is 22.1. The molecule has 0 saturated heterocycles. The van der Waals surface area contributed by atoms with E-state index in [-0.39, 0.29) is 29.0 Å². The summed E-state index contributed by atoms with van der Waals surface area (Å²) >= 11 is 0. The summed E-state index contributed by atoms with van der Waals surface area (Å²) in [5, 5.41) is 10.9. The zero-order valence-corrected chi connectivity index (χ0v) is 16.4. The molecule has 8 heteroatoms. The van der Waals surface area contributed by atoms with Crippen LogP contribution in [-0.4, -0.2) is 22.7 Å². The van der Waals surface area contributed by atoms with Crippen LogP contribution in [0, 0.1) is 17.0 Å². The number of nitro benzene ring substituents is 1. The molecule has 0 saturated carbocycles. The van der Waals surface area contributed by atoms with Crippen molar-refractivity contribution >= 4 is 29.2 Å². The molecule has 1 heterocycles. The summed E-state index contributed by atoms with van der Waals surface area (Å²) in [4.78, 5) is 49.5. The molecule has 4 rings (SSSR count). The normalized spacial score (nSPS) is 12.6. The Balaban J connectivity index is 1.54. The number of non-ortho nitro benzene ring substituents is 1. The van der Waals surface area contributed by atoms with Crippen LogP contribution in [0.4, 0.5) is 11.4 Å². The molecule has 0 bridgehead atoms. The highest BCUT2D eigenvalue weighted by Gasteiger charge is 2.37. The van der Waals surface area contributed by atoms with E-state index in [0.717, 1.165) is 10.5 Å². The Kier molecular flexibility index (Phi) is 5.04. The molecule has 0 radical (unpaired) electrons. The lowest BCUT2D eigenvalue weighted by atomic mass is 10.1. The SMILES string of the molecule is Cc1cccc(N2C(=O)c3ccc(C(=O)OCc4cccc([N+](=O)[O-])c4)cc3C2=O)c1. The number of esters is 1. The van der Waals surface area contributed by atoms with Crippen molar-refractivity contribution in [3.63, 3.8) is 0 Å². The fourth-order valence-corrected chi connectivity index (χ4v) is 3.36. The molecule has 0 atom stereocenters. The highest BCUT2D eigenvalue weighted by atomic mass is 16.6. The van der Waals surface area contributed by atoms with Crippen LogP contribution < -0.4 is 4.90 Å². The number of hydrogen-bond donors (Lipinski definition) is 0. The Hall–Kier alpha value is -4.33. The number of aryl methyl sites for hydroxylation is 1. The first kappa shape index (κ1) is 20.0. The van der Waals surface area contributed by atoms with Crippen LogP contribution in [0.5, 0.6) is 0 Å². The minimum absolute atomic E-state index is 0.105. The molecule has 0 spiro atoms. The number of imide groups is 1. The lowest BCUT2D eigenvalue weighted by Gasteiger charge is -2.14. The number of benzene rings is 3. The molecule has 1 aliphatic heterocycles. The summed E-state index contributed by atoms with van der Waals surface area (Å²) in [5.41, 5.74) is 2.15. The summed E-state index contributed by atoms with van der Waals surface area (Å²) < 4.78 is 5.23. The maximum Gasteiger partial charge on any atom is 0.338 e. The minimum atomic E-state index is -0.705. The highest BCUT2D eigenvalue weighted by Crippen LogP contribution is 2.29. The summed E-state index contributed by atoms with van der Waals surface area (Å²) in [7, 11) is 0. The molecule has 0 unspecified atom stereocenters. The molecular weight excluding hydrogens is 400 g/mol. The Morgan fingerprint density at radius 1 is 0.968 bits per heavy atom. The van der Waals surface area contributed by atoms with Crippen LogP contribution in [0.25, 0.3) is 0 Å². The first-order chi connectivity index (χ1) is 14.8. The second-order valence-electron chi connectivity index (χ2n) is 7.05. The average Bonchev–Trinajstić information content (AvgIpc) is 3.01. The zero-order valence-electron chi connectivity index (χ0n) is 16.4. The van der Waals surface area contributed by atoms with Crippen molar-refractivity contribution in [2.75, 3.05) is 4.90 Å². The van der Waals surface area contributed by atoms with Crippen molar-refractivity contribution in [3.8, 4) is 0 Å². The lowest BCUT2D eigenvalue weighted by molar-refractivity contribution is -0.384. The second kappa shape index (κ2) is 7.83. The van der Waals surface area contributed by atoms with Gasteiger partial charge in [0.2, 0.25) is 0 Å². The topological polar surface area (TPSA) is 107 Å². The first-order valence-electron chi connectivity index (χ1n) is 9.35. The van der Waals surface area contributed by atoms with Gasteiger partial charge in [0.1, 0.15) is 6.61 Å². The summed E-state index contributed by atoms with van der Waals surface area (Å²) in [6.45, 7) is 1.69. The molecule has 1 aliphatic rings. The predicted octanol–water partition coefficient (Wildman–Crippen LogP) is 4.06. The molecule has 0 N–H and O–H groups in total. The standard InChI is InChI=1S/C23H16N2O6/c1-14-4-2-6-17(10-14)24-21(26)19-9-8-16(12-20(19)22(24)27)23(28)31-13-15-5-3-7-18(11-15)25(29)30/h2-12H,13H2,1H3. The molecule has 0 fully saturated rings. The van der Waals surface area contributed by atoms with Gasteiger partial charge in [0.15, 0.2) is 0 Å². The van der Waals surface area contributed by atoms with Crippen molar-refractivity contribution in [1.82, 2.24) is 0 Å². The maximum absolute atomic E-state index is 12.9. The number of ether oxygens (including phenoxy) is 1. The largest absolute Gasteiger partial charge is 0.457 e. The van der Waals surface area contributed by atoms with Crippen molar-refractivity contribution in [2.45, 2.75) is 13.5 Å². The van der Waals surface area contributed by atoms with E-state index in [4.69, 9.17) is 4.74 Å². The van der Waals surface area contributed by atoms with Gasteiger partial charge in [-0.3, -0.25) is 19.7 Å². The van der Waals surface area contributed by atoms with E-state index in [1.165, 1.54) is 36.4 Å². The van der Waals surface area contributed by atoms with Crippen LogP contribution in [0.2, 0.25) is 0 Å². The molecule has 0 aliphatic carbocycles. The van der Waals surface area contributed by atoms with Crippen LogP contribution in [0.15, 0.2) is 66.7 Å². The second-order valence-corrected chi connectivity index (χ2v) is 7.05. The number of nitro groups is 1. The monoisotopic (exact) mass is 416 g/mol. The van der Waals surface area contributed by atoms with Gasteiger partial charge in [-0.1, -0.05) is 24.3 Å². The molecular formula is C23H16N2O6. The van der Waals surface area contributed by atoms with E-state index in [9.17, 15) is 24.5 Å².